The fourth-order valence-corrected chi connectivity index (χ4v) is 2.97. The molecule has 1 fully saturated rings. The molecule has 2 rings (SSSR count). The first-order valence-corrected chi connectivity index (χ1v) is 7.49. The van der Waals surface area contributed by atoms with Crippen LogP contribution in [0.2, 0.25) is 4.47 Å². The van der Waals surface area contributed by atoms with E-state index in [4.69, 9.17) is 22.1 Å². The molecule has 2 N–H and O–H groups in total. The molecule has 1 saturated heterocycles. The first-order chi connectivity index (χ1) is 8.78. The van der Waals surface area contributed by atoms with Gasteiger partial charge in [-0.2, -0.15) is 0 Å². The minimum atomic E-state index is 0.394. The van der Waals surface area contributed by atoms with Crippen LogP contribution in [0, 0.1) is 0 Å². The van der Waals surface area contributed by atoms with Gasteiger partial charge in [-0.25, -0.2) is 0 Å². The van der Waals surface area contributed by atoms with Crippen LogP contribution in [0.15, 0.2) is 0 Å². The van der Waals surface area contributed by atoms with Crippen molar-refractivity contribution in [2.45, 2.75) is 31.9 Å². The summed E-state index contributed by atoms with van der Waals surface area (Å²) in [7, 11) is 0. The summed E-state index contributed by atoms with van der Waals surface area (Å²) >= 11 is 7.22. The SMILES string of the molecule is NCCCOC1CCN(Cc2nnc(Cl)s2)CC1. The zero-order valence-electron chi connectivity index (χ0n) is 10.3. The van der Waals surface area contributed by atoms with Crippen LogP contribution in [0.1, 0.15) is 24.3 Å². The maximum absolute atomic E-state index is 5.77. The molecule has 0 aliphatic carbocycles. The van der Waals surface area contributed by atoms with Crippen molar-refractivity contribution >= 4 is 22.9 Å². The fraction of sp³-hybridized carbons (Fsp3) is 0.818. The van der Waals surface area contributed by atoms with E-state index in [-0.39, 0.29) is 0 Å². The molecule has 7 heteroatoms. The quantitative estimate of drug-likeness (QED) is 0.805. The summed E-state index contributed by atoms with van der Waals surface area (Å²) in [6, 6.07) is 0. The fourth-order valence-electron chi connectivity index (χ4n) is 2.06. The molecule has 0 atom stereocenters. The van der Waals surface area contributed by atoms with E-state index in [1.807, 2.05) is 0 Å². The number of ether oxygens (including phenoxy) is 1. The lowest BCUT2D eigenvalue weighted by Gasteiger charge is -2.31. The third-order valence-corrected chi connectivity index (χ3v) is 4.04. The van der Waals surface area contributed by atoms with E-state index in [1.54, 1.807) is 0 Å². The summed E-state index contributed by atoms with van der Waals surface area (Å²) in [5.74, 6) is 0. The van der Waals surface area contributed by atoms with E-state index in [9.17, 15) is 0 Å². The zero-order valence-corrected chi connectivity index (χ0v) is 11.9. The molecule has 102 valence electrons. The highest BCUT2D eigenvalue weighted by Crippen LogP contribution is 2.20. The average Bonchev–Trinajstić information content (AvgIpc) is 2.77. The van der Waals surface area contributed by atoms with Gasteiger partial charge in [-0.15, -0.1) is 10.2 Å². The molecule has 0 spiro atoms. The van der Waals surface area contributed by atoms with Crippen LogP contribution in [0.5, 0.6) is 0 Å². The Balaban J connectivity index is 1.67. The van der Waals surface area contributed by atoms with Gasteiger partial charge in [0.05, 0.1) is 12.6 Å². The first kappa shape index (κ1) is 14.1. The maximum atomic E-state index is 5.77. The van der Waals surface area contributed by atoms with Gasteiger partial charge in [-0.1, -0.05) is 11.3 Å². The number of aromatic nitrogens is 2. The highest BCUT2D eigenvalue weighted by Gasteiger charge is 2.20. The summed E-state index contributed by atoms with van der Waals surface area (Å²) in [4.78, 5) is 2.37. The zero-order chi connectivity index (χ0) is 12.8. The Morgan fingerprint density at radius 1 is 1.39 bits per heavy atom. The molecule has 1 aromatic rings. The third kappa shape index (κ3) is 4.44. The largest absolute Gasteiger partial charge is 0.378 e. The minimum Gasteiger partial charge on any atom is -0.378 e. The number of hydrogen-bond acceptors (Lipinski definition) is 6. The van der Waals surface area contributed by atoms with Crippen LogP contribution < -0.4 is 5.73 Å². The van der Waals surface area contributed by atoms with Gasteiger partial charge in [-0.05, 0) is 37.4 Å². The number of piperidine rings is 1. The normalized spacial score (nSPS) is 18.3. The van der Waals surface area contributed by atoms with Gasteiger partial charge in [0.1, 0.15) is 5.01 Å². The Morgan fingerprint density at radius 2 is 2.17 bits per heavy atom. The molecule has 5 nitrogen and oxygen atoms in total. The molecule has 0 saturated carbocycles. The molecule has 1 aliphatic heterocycles. The molecule has 0 unspecified atom stereocenters. The van der Waals surface area contributed by atoms with Crippen molar-refractivity contribution in [2.24, 2.45) is 5.73 Å². The van der Waals surface area contributed by atoms with Crippen LogP contribution in [0.25, 0.3) is 0 Å². The van der Waals surface area contributed by atoms with E-state index < -0.39 is 0 Å². The summed E-state index contributed by atoms with van der Waals surface area (Å²) < 4.78 is 6.29. The number of nitrogens with zero attached hydrogens (tertiary/aromatic N) is 3. The van der Waals surface area contributed by atoms with E-state index in [1.165, 1.54) is 11.3 Å². The minimum absolute atomic E-state index is 0.394. The smallest absolute Gasteiger partial charge is 0.207 e. The molecule has 1 aliphatic rings. The number of likely N-dealkylation sites (tertiary alicyclic amines) is 1. The summed E-state index contributed by atoms with van der Waals surface area (Å²) in [5.41, 5.74) is 5.44. The summed E-state index contributed by atoms with van der Waals surface area (Å²) in [6.45, 7) is 4.43. The lowest BCUT2D eigenvalue weighted by atomic mass is 10.1. The van der Waals surface area contributed by atoms with Crippen LogP contribution >= 0.6 is 22.9 Å². The Bertz CT molecular complexity index is 355. The van der Waals surface area contributed by atoms with Crippen LogP contribution in [-0.4, -0.2) is 47.4 Å². The van der Waals surface area contributed by atoms with Gasteiger partial charge >= 0.3 is 0 Å². The van der Waals surface area contributed by atoms with Crippen molar-refractivity contribution in [1.82, 2.24) is 15.1 Å². The van der Waals surface area contributed by atoms with Gasteiger partial charge in [-0.3, -0.25) is 4.90 Å². The number of halogens is 1. The van der Waals surface area contributed by atoms with Crippen LogP contribution in [-0.2, 0) is 11.3 Å². The van der Waals surface area contributed by atoms with E-state index in [0.717, 1.165) is 50.5 Å². The van der Waals surface area contributed by atoms with Gasteiger partial charge < -0.3 is 10.5 Å². The second kappa shape index (κ2) is 7.35. The van der Waals surface area contributed by atoms with Crippen molar-refractivity contribution < 1.29 is 4.74 Å². The molecule has 0 aromatic carbocycles. The van der Waals surface area contributed by atoms with Crippen molar-refractivity contribution in [3.63, 3.8) is 0 Å². The molecular weight excluding hydrogens is 272 g/mol. The Kier molecular flexibility index (Phi) is 5.78. The highest BCUT2D eigenvalue weighted by molar-refractivity contribution is 7.15. The predicted octanol–water partition coefficient (Wildman–Crippen LogP) is 1.52. The maximum Gasteiger partial charge on any atom is 0.207 e. The van der Waals surface area contributed by atoms with Crippen molar-refractivity contribution in [3.05, 3.63) is 9.47 Å². The van der Waals surface area contributed by atoms with E-state index in [2.05, 4.69) is 15.1 Å². The summed E-state index contributed by atoms with van der Waals surface area (Å²) in [5, 5.41) is 8.85. The third-order valence-electron chi connectivity index (χ3n) is 3.04. The predicted molar refractivity (Wildman–Crippen MR) is 72.8 cm³/mol. The Morgan fingerprint density at radius 3 is 2.78 bits per heavy atom. The van der Waals surface area contributed by atoms with Gasteiger partial charge in [0, 0.05) is 19.7 Å². The van der Waals surface area contributed by atoms with Crippen molar-refractivity contribution in [3.8, 4) is 0 Å². The van der Waals surface area contributed by atoms with E-state index in [0.29, 0.717) is 17.1 Å². The molecule has 18 heavy (non-hydrogen) atoms. The molecule has 1 aromatic heterocycles. The number of hydrogen-bond donors (Lipinski definition) is 1. The molecule has 2 heterocycles. The van der Waals surface area contributed by atoms with Crippen molar-refractivity contribution in [1.29, 1.82) is 0 Å². The van der Waals surface area contributed by atoms with Crippen LogP contribution in [0.3, 0.4) is 0 Å². The summed E-state index contributed by atoms with van der Waals surface area (Å²) in [6.07, 6.45) is 3.50. The lowest BCUT2D eigenvalue weighted by molar-refractivity contribution is 0.00559. The van der Waals surface area contributed by atoms with Gasteiger partial charge in [0.2, 0.25) is 4.47 Å². The standard InChI is InChI=1S/C11H19ClN4OS/c12-11-15-14-10(18-11)8-16-5-2-9(3-6-16)17-7-1-4-13/h9H,1-8,13H2. The number of rotatable bonds is 6. The van der Waals surface area contributed by atoms with Crippen molar-refractivity contribution in [2.75, 3.05) is 26.2 Å². The monoisotopic (exact) mass is 290 g/mol. The van der Waals surface area contributed by atoms with E-state index >= 15 is 0 Å². The molecule has 0 amide bonds. The molecule has 0 bridgehead atoms. The second-order valence-electron chi connectivity index (χ2n) is 4.44. The van der Waals surface area contributed by atoms with Gasteiger partial charge in [0.15, 0.2) is 0 Å². The highest BCUT2D eigenvalue weighted by atomic mass is 35.5. The topological polar surface area (TPSA) is 64.3 Å². The molecule has 0 radical (unpaired) electrons. The lowest BCUT2D eigenvalue weighted by Crippen LogP contribution is -2.36. The number of nitrogens with two attached hydrogens (primary N) is 1. The Labute approximate surface area is 116 Å². The Hall–Kier alpha value is -0.270. The average molecular weight is 291 g/mol. The van der Waals surface area contributed by atoms with Gasteiger partial charge in [0.25, 0.3) is 0 Å². The van der Waals surface area contributed by atoms with Crippen LogP contribution in [0.4, 0.5) is 0 Å². The second-order valence-corrected chi connectivity index (χ2v) is 6.08. The first-order valence-electron chi connectivity index (χ1n) is 6.30. The molecular formula is C11H19ClN4OS.